The molecule has 4 nitrogen and oxygen atoms in total. The number of rotatable bonds is 4. The highest BCUT2D eigenvalue weighted by atomic mass is 35.5. The predicted octanol–water partition coefficient (Wildman–Crippen LogP) is 1.42. The third-order valence-electron chi connectivity index (χ3n) is 2.47. The van der Waals surface area contributed by atoms with Gasteiger partial charge in [-0.3, -0.25) is 0 Å². The second-order valence-corrected chi connectivity index (χ2v) is 7.54. The molecule has 15 heavy (non-hydrogen) atoms. The molecule has 0 aromatic carbocycles. The molecular formula is C9H17ClNO3P. The number of nitrogens with zero attached hydrogens (tertiary/aromatic N) is 1. The summed E-state index contributed by atoms with van der Waals surface area (Å²) in [5.41, 5.74) is 0. The molecule has 0 saturated heterocycles. The highest BCUT2D eigenvalue weighted by Gasteiger charge is 2.32. The summed E-state index contributed by atoms with van der Waals surface area (Å²) in [7, 11) is -2.41. The number of hydrogen-bond acceptors (Lipinski definition) is 4. The van der Waals surface area contributed by atoms with Gasteiger partial charge in [0.05, 0.1) is 6.29 Å². The van der Waals surface area contributed by atoms with Gasteiger partial charge in [0.25, 0.3) is 0 Å². The van der Waals surface area contributed by atoms with Gasteiger partial charge in [0, 0.05) is 17.4 Å². The SMILES string of the molecule is CC(O)N(CP1(=O)CC=C(Cl)C1)C(C)O. The summed E-state index contributed by atoms with van der Waals surface area (Å²) in [6.07, 6.45) is 1.18. The number of halogens is 1. The molecule has 0 amide bonds. The third kappa shape index (κ3) is 3.58. The lowest BCUT2D eigenvalue weighted by atomic mass is 10.5. The van der Waals surface area contributed by atoms with Crippen LogP contribution in [0.2, 0.25) is 0 Å². The van der Waals surface area contributed by atoms with E-state index in [1.54, 1.807) is 19.9 Å². The fourth-order valence-electron chi connectivity index (χ4n) is 1.62. The van der Waals surface area contributed by atoms with Crippen molar-refractivity contribution in [2.75, 3.05) is 18.6 Å². The minimum atomic E-state index is -2.41. The minimum absolute atomic E-state index is 0.203. The summed E-state index contributed by atoms with van der Waals surface area (Å²) in [6, 6.07) is 0. The van der Waals surface area contributed by atoms with E-state index in [1.165, 1.54) is 4.90 Å². The first-order valence-corrected chi connectivity index (χ1v) is 7.51. The normalized spacial score (nSPS) is 30.4. The Morgan fingerprint density at radius 2 is 2.07 bits per heavy atom. The van der Waals surface area contributed by atoms with Gasteiger partial charge in [-0.2, -0.15) is 0 Å². The molecular weight excluding hydrogens is 237 g/mol. The monoisotopic (exact) mass is 253 g/mol. The zero-order valence-electron chi connectivity index (χ0n) is 8.93. The molecule has 0 aromatic heterocycles. The van der Waals surface area contributed by atoms with Gasteiger partial charge in [0.1, 0.15) is 19.6 Å². The number of aliphatic hydroxyl groups excluding tert-OH is 2. The molecule has 0 bridgehead atoms. The van der Waals surface area contributed by atoms with Crippen LogP contribution in [0, 0.1) is 0 Å². The van der Waals surface area contributed by atoms with Crippen LogP contribution in [0.5, 0.6) is 0 Å². The van der Waals surface area contributed by atoms with Crippen molar-refractivity contribution < 1.29 is 14.8 Å². The molecule has 2 N–H and O–H groups in total. The molecule has 6 heteroatoms. The Kier molecular flexibility index (Phi) is 4.38. The van der Waals surface area contributed by atoms with Gasteiger partial charge in [-0.1, -0.05) is 17.7 Å². The van der Waals surface area contributed by atoms with Crippen molar-refractivity contribution in [2.24, 2.45) is 0 Å². The second kappa shape index (κ2) is 4.98. The van der Waals surface area contributed by atoms with Crippen LogP contribution in [0.15, 0.2) is 11.1 Å². The zero-order chi connectivity index (χ0) is 11.6. The van der Waals surface area contributed by atoms with E-state index in [9.17, 15) is 14.8 Å². The second-order valence-electron chi connectivity index (χ2n) is 3.97. The van der Waals surface area contributed by atoms with Crippen LogP contribution in [0.1, 0.15) is 13.8 Å². The van der Waals surface area contributed by atoms with Crippen LogP contribution in [0.25, 0.3) is 0 Å². The van der Waals surface area contributed by atoms with Gasteiger partial charge in [0.2, 0.25) is 0 Å². The van der Waals surface area contributed by atoms with Crippen LogP contribution in [-0.4, -0.2) is 46.2 Å². The number of aliphatic hydroxyl groups is 2. The quantitative estimate of drug-likeness (QED) is 0.588. The van der Waals surface area contributed by atoms with Crippen molar-refractivity contribution in [1.82, 2.24) is 4.90 Å². The van der Waals surface area contributed by atoms with Gasteiger partial charge in [-0.15, -0.1) is 0 Å². The van der Waals surface area contributed by atoms with E-state index in [-0.39, 0.29) is 6.29 Å². The van der Waals surface area contributed by atoms with E-state index in [1.807, 2.05) is 0 Å². The predicted molar refractivity (Wildman–Crippen MR) is 61.3 cm³/mol. The molecule has 0 fully saturated rings. The van der Waals surface area contributed by atoms with E-state index in [0.717, 1.165) is 0 Å². The lowest BCUT2D eigenvalue weighted by Crippen LogP contribution is -2.40. The average molecular weight is 254 g/mol. The first-order valence-electron chi connectivity index (χ1n) is 4.87. The van der Waals surface area contributed by atoms with E-state index in [4.69, 9.17) is 11.6 Å². The van der Waals surface area contributed by atoms with Gasteiger partial charge < -0.3 is 14.8 Å². The lowest BCUT2D eigenvalue weighted by molar-refractivity contribution is -0.0725. The highest BCUT2D eigenvalue weighted by molar-refractivity contribution is 7.64. The molecule has 0 saturated carbocycles. The summed E-state index contributed by atoms with van der Waals surface area (Å²) < 4.78 is 12.2. The maximum Gasteiger partial charge on any atom is 0.110 e. The molecule has 3 atom stereocenters. The van der Waals surface area contributed by atoms with Gasteiger partial charge >= 0.3 is 0 Å². The van der Waals surface area contributed by atoms with Crippen LogP contribution in [0.4, 0.5) is 0 Å². The Balaban J connectivity index is 2.64. The molecule has 1 heterocycles. The highest BCUT2D eigenvalue weighted by Crippen LogP contribution is 2.52. The number of allylic oxidation sites excluding steroid dienone is 2. The Labute approximate surface area is 94.9 Å². The molecule has 0 aliphatic carbocycles. The molecule has 0 radical (unpaired) electrons. The fourth-order valence-corrected chi connectivity index (χ4v) is 5.11. The molecule has 88 valence electrons. The lowest BCUT2D eigenvalue weighted by Gasteiger charge is -2.30. The van der Waals surface area contributed by atoms with E-state index in [0.29, 0.717) is 17.4 Å². The first kappa shape index (κ1) is 13.2. The van der Waals surface area contributed by atoms with Crippen LogP contribution in [-0.2, 0) is 4.57 Å². The molecule has 1 aliphatic rings. The van der Waals surface area contributed by atoms with Crippen molar-refractivity contribution in [2.45, 2.75) is 26.3 Å². The van der Waals surface area contributed by atoms with Gasteiger partial charge in [0.15, 0.2) is 0 Å². The zero-order valence-corrected chi connectivity index (χ0v) is 10.6. The standard InChI is InChI=1S/C9H17ClNO3P/c1-7(12)11(8(2)13)6-15(14)4-3-9(10)5-15/h3,7-8,12-13H,4-6H2,1-2H3. The van der Waals surface area contributed by atoms with Crippen molar-refractivity contribution in [1.29, 1.82) is 0 Å². The molecule has 3 unspecified atom stereocenters. The van der Waals surface area contributed by atoms with Crippen molar-refractivity contribution >= 4 is 18.7 Å². The Morgan fingerprint density at radius 3 is 2.40 bits per heavy atom. The summed E-state index contributed by atoms with van der Waals surface area (Å²) in [5.74, 6) is 0. The van der Waals surface area contributed by atoms with Crippen molar-refractivity contribution in [3.8, 4) is 0 Å². The molecule has 1 rings (SSSR count). The molecule has 0 spiro atoms. The third-order valence-corrected chi connectivity index (χ3v) is 5.55. The Bertz CT molecular complexity index is 296. The average Bonchev–Trinajstić information content (AvgIpc) is 2.42. The van der Waals surface area contributed by atoms with E-state index >= 15 is 0 Å². The molecule has 1 aliphatic heterocycles. The van der Waals surface area contributed by atoms with Crippen LogP contribution < -0.4 is 0 Å². The van der Waals surface area contributed by atoms with Crippen LogP contribution >= 0.6 is 18.7 Å². The summed E-state index contributed by atoms with van der Waals surface area (Å²) in [5, 5.41) is 19.5. The maximum atomic E-state index is 12.2. The number of hydrogen-bond donors (Lipinski definition) is 2. The topological polar surface area (TPSA) is 60.8 Å². The van der Waals surface area contributed by atoms with Crippen LogP contribution in [0.3, 0.4) is 0 Å². The van der Waals surface area contributed by atoms with Crippen molar-refractivity contribution in [3.05, 3.63) is 11.1 Å². The molecule has 0 aromatic rings. The Morgan fingerprint density at radius 1 is 1.53 bits per heavy atom. The summed E-state index contributed by atoms with van der Waals surface area (Å²) >= 11 is 5.78. The summed E-state index contributed by atoms with van der Waals surface area (Å²) in [4.78, 5) is 1.41. The minimum Gasteiger partial charge on any atom is -0.379 e. The smallest absolute Gasteiger partial charge is 0.110 e. The largest absolute Gasteiger partial charge is 0.379 e. The van der Waals surface area contributed by atoms with E-state index < -0.39 is 19.6 Å². The first-order chi connectivity index (χ1) is 6.84. The van der Waals surface area contributed by atoms with Crippen molar-refractivity contribution in [3.63, 3.8) is 0 Å². The van der Waals surface area contributed by atoms with Gasteiger partial charge in [-0.25, -0.2) is 4.90 Å². The van der Waals surface area contributed by atoms with E-state index in [2.05, 4.69) is 0 Å². The fraction of sp³-hybridized carbons (Fsp3) is 0.778. The maximum absolute atomic E-state index is 12.2. The van der Waals surface area contributed by atoms with Gasteiger partial charge in [-0.05, 0) is 13.8 Å². The Hall–Kier alpha value is 0.140. The summed E-state index contributed by atoms with van der Waals surface area (Å²) in [6.45, 7) is 3.09.